The number of carbonyl (C=O) groups excluding carboxylic acids is 1. The Morgan fingerprint density at radius 1 is 1.12 bits per heavy atom. The van der Waals surface area contributed by atoms with Crippen LogP contribution in [-0.2, 0) is 6.54 Å². The van der Waals surface area contributed by atoms with Crippen molar-refractivity contribution in [2.75, 3.05) is 38.2 Å². The second-order valence-electron chi connectivity index (χ2n) is 7.50. The molecule has 7 nitrogen and oxygen atoms in total. The first kappa shape index (κ1) is 25.8. The lowest BCUT2D eigenvalue weighted by atomic mass is 10.1. The number of benzene rings is 2. The van der Waals surface area contributed by atoms with Crippen LogP contribution < -0.4 is 25.6 Å². The zero-order valence-electron chi connectivity index (χ0n) is 19.1. The van der Waals surface area contributed by atoms with Gasteiger partial charge in [-0.3, -0.25) is 4.79 Å². The van der Waals surface area contributed by atoms with Crippen molar-refractivity contribution in [1.29, 1.82) is 0 Å². The lowest BCUT2D eigenvalue weighted by Crippen LogP contribution is -2.44. The van der Waals surface area contributed by atoms with Crippen molar-refractivity contribution < 1.29 is 9.53 Å². The molecule has 174 valence electrons. The Hall–Kier alpha value is -2.49. The van der Waals surface area contributed by atoms with Crippen LogP contribution in [0.5, 0.6) is 5.75 Å². The zero-order chi connectivity index (χ0) is 22.1. The number of nitrogens with zero attached hydrogens (tertiary/aromatic N) is 2. The molecule has 1 amide bonds. The Bertz CT molecular complexity index is 905. The van der Waals surface area contributed by atoms with Gasteiger partial charge in [-0.15, -0.1) is 24.0 Å². The van der Waals surface area contributed by atoms with Crippen molar-refractivity contribution in [3.63, 3.8) is 0 Å². The monoisotopic (exact) mass is 551 g/mol. The molecular formula is C24H34IN5O2. The van der Waals surface area contributed by atoms with E-state index in [1.165, 1.54) is 0 Å². The van der Waals surface area contributed by atoms with Gasteiger partial charge in [0.05, 0.1) is 19.3 Å². The summed E-state index contributed by atoms with van der Waals surface area (Å²) in [4.78, 5) is 19.2. The number of para-hydroxylation sites is 2. The molecule has 0 radical (unpaired) electrons. The number of aliphatic imine (C=N–C) groups is 1. The number of hydrogen-bond acceptors (Lipinski definition) is 4. The number of guanidine groups is 1. The van der Waals surface area contributed by atoms with E-state index < -0.39 is 0 Å². The summed E-state index contributed by atoms with van der Waals surface area (Å²) in [5, 5.41) is 9.73. The number of anilines is 1. The minimum absolute atomic E-state index is 0. The zero-order valence-corrected chi connectivity index (χ0v) is 21.4. The van der Waals surface area contributed by atoms with Crippen molar-refractivity contribution in [1.82, 2.24) is 16.0 Å². The average Bonchev–Trinajstić information content (AvgIpc) is 3.26. The first-order valence-electron chi connectivity index (χ1n) is 10.9. The summed E-state index contributed by atoms with van der Waals surface area (Å²) in [6.07, 6.45) is 1.02. The maximum Gasteiger partial charge on any atom is 0.251 e. The van der Waals surface area contributed by atoms with Gasteiger partial charge in [0.2, 0.25) is 0 Å². The number of rotatable bonds is 8. The van der Waals surface area contributed by atoms with Gasteiger partial charge in [-0.1, -0.05) is 24.3 Å². The fourth-order valence-electron chi connectivity index (χ4n) is 3.75. The van der Waals surface area contributed by atoms with Gasteiger partial charge in [-0.2, -0.15) is 0 Å². The Morgan fingerprint density at radius 2 is 1.91 bits per heavy atom. The minimum atomic E-state index is -0.0549. The molecule has 1 saturated heterocycles. The van der Waals surface area contributed by atoms with E-state index in [0.717, 1.165) is 49.0 Å². The van der Waals surface area contributed by atoms with Crippen molar-refractivity contribution >= 4 is 41.5 Å². The van der Waals surface area contributed by atoms with Gasteiger partial charge in [-0.25, -0.2) is 4.99 Å². The molecule has 8 heteroatoms. The number of nitrogens with one attached hydrogen (secondary N) is 3. The summed E-state index contributed by atoms with van der Waals surface area (Å²) < 4.78 is 5.52. The molecule has 32 heavy (non-hydrogen) atoms. The second-order valence-corrected chi connectivity index (χ2v) is 7.50. The number of carbonyl (C=O) groups is 1. The normalized spacial score (nSPS) is 15.7. The van der Waals surface area contributed by atoms with Crippen LogP contribution >= 0.6 is 24.0 Å². The molecule has 3 N–H and O–H groups in total. The molecule has 1 heterocycles. The molecule has 0 aromatic heterocycles. The van der Waals surface area contributed by atoms with Crippen LogP contribution in [0.4, 0.5) is 5.69 Å². The molecule has 3 rings (SSSR count). The van der Waals surface area contributed by atoms with Crippen LogP contribution in [0.1, 0.15) is 36.2 Å². The highest BCUT2D eigenvalue weighted by Crippen LogP contribution is 2.30. The molecule has 2 aromatic rings. The van der Waals surface area contributed by atoms with Crippen LogP contribution in [0.2, 0.25) is 0 Å². The molecule has 0 spiro atoms. The third-order valence-electron chi connectivity index (χ3n) is 5.25. The molecule has 1 aliphatic heterocycles. The lowest BCUT2D eigenvalue weighted by molar-refractivity contribution is 0.0955. The van der Waals surface area contributed by atoms with E-state index in [2.05, 4.69) is 33.8 Å². The SMILES string of the molecule is CCNC(=O)c1cccc(CN=C(NCC)NC2CCN(c3ccccc3OC)C2)c1.I. The van der Waals surface area contributed by atoms with Crippen LogP contribution in [0.15, 0.2) is 53.5 Å². The molecule has 1 atom stereocenters. The van der Waals surface area contributed by atoms with Gasteiger partial charge in [0.25, 0.3) is 5.91 Å². The maximum absolute atomic E-state index is 12.1. The van der Waals surface area contributed by atoms with Crippen molar-refractivity contribution in [2.45, 2.75) is 32.9 Å². The Kier molecular flexibility index (Phi) is 10.6. The predicted octanol–water partition coefficient (Wildman–Crippen LogP) is 3.40. The fourth-order valence-corrected chi connectivity index (χ4v) is 3.75. The average molecular weight is 551 g/mol. The Labute approximate surface area is 208 Å². The van der Waals surface area contributed by atoms with Gasteiger partial charge in [0.1, 0.15) is 5.75 Å². The first-order valence-corrected chi connectivity index (χ1v) is 10.9. The number of methoxy groups -OCH3 is 1. The molecule has 0 bridgehead atoms. The van der Waals surface area contributed by atoms with Crippen LogP contribution in [0.25, 0.3) is 0 Å². The van der Waals surface area contributed by atoms with Crippen LogP contribution in [-0.4, -0.2) is 51.2 Å². The summed E-state index contributed by atoms with van der Waals surface area (Å²) in [5.41, 5.74) is 2.79. The van der Waals surface area contributed by atoms with Gasteiger partial charge in [-0.05, 0) is 50.1 Å². The summed E-state index contributed by atoms with van der Waals surface area (Å²) in [5.74, 6) is 1.63. The summed E-state index contributed by atoms with van der Waals surface area (Å²) in [6.45, 7) is 7.73. The third kappa shape index (κ3) is 7.01. The minimum Gasteiger partial charge on any atom is -0.495 e. The lowest BCUT2D eigenvalue weighted by Gasteiger charge is -2.22. The van der Waals surface area contributed by atoms with E-state index in [4.69, 9.17) is 9.73 Å². The molecular weight excluding hydrogens is 517 g/mol. The van der Waals surface area contributed by atoms with Gasteiger partial charge >= 0.3 is 0 Å². The van der Waals surface area contributed by atoms with Gasteiger partial charge in [0.15, 0.2) is 5.96 Å². The van der Waals surface area contributed by atoms with E-state index >= 15 is 0 Å². The van der Waals surface area contributed by atoms with E-state index in [9.17, 15) is 4.79 Å². The number of hydrogen-bond donors (Lipinski definition) is 3. The summed E-state index contributed by atoms with van der Waals surface area (Å²) in [7, 11) is 1.71. The molecule has 1 fully saturated rings. The molecule has 0 aliphatic carbocycles. The fraction of sp³-hybridized carbons (Fsp3) is 0.417. The topological polar surface area (TPSA) is 78.0 Å². The van der Waals surface area contributed by atoms with Crippen molar-refractivity contribution in [3.05, 3.63) is 59.7 Å². The van der Waals surface area contributed by atoms with E-state index in [1.807, 2.05) is 49.4 Å². The summed E-state index contributed by atoms with van der Waals surface area (Å²) >= 11 is 0. The Balaban J connectivity index is 0.00000363. The summed E-state index contributed by atoms with van der Waals surface area (Å²) in [6, 6.07) is 16.0. The smallest absolute Gasteiger partial charge is 0.251 e. The first-order chi connectivity index (χ1) is 15.1. The number of amides is 1. The quantitative estimate of drug-likeness (QED) is 0.267. The Morgan fingerprint density at radius 3 is 2.66 bits per heavy atom. The molecule has 1 aliphatic rings. The van der Waals surface area contributed by atoms with Gasteiger partial charge in [0, 0.05) is 37.8 Å². The predicted molar refractivity (Wildman–Crippen MR) is 141 cm³/mol. The highest BCUT2D eigenvalue weighted by atomic mass is 127. The van der Waals surface area contributed by atoms with E-state index in [1.54, 1.807) is 7.11 Å². The van der Waals surface area contributed by atoms with Gasteiger partial charge < -0.3 is 25.6 Å². The largest absolute Gasteiger partial charge is 0.495 e. The van der Waals surface area contributed by atoms with Crippen molar-refractivity contribution in [3.8, 4) is 5.75 Å². The van der Waals surface area contributed by atoms with Crippen LogP contribution in [0.3, 0.4) is 0 Å². The highest BCUT2D eigenvalue weighted by molar-refractivity contribution is 14.0. The van der Waals surface area contributed by atoms with Crippen LogP contribution in [0, 0.1) is 0 Å². The van der Waals surface area contributed by atoms with Crippen molar-refractivity contribution in [2.24, 2.45) is 4.99 Å². The number of halogens is 1. The standard InChI is InChI=1S/C24H33N5O2.HI/c1-4-25-23(30)19-10-8-9-18(15-19)16-27-24(26-5-2)28-20-13-14-29(17-20)21-11-6-7-12-22(21)31-3;/h6-12,15,20H,4-5,13-14,16-17H2,1-3H3,(H,25,30)(H2,26,27,28);1H. The second kappa shape index (κ2) is 13.1. The maximum atomic E-state index is 12.1. The molecule has 2 aromatic carbocycles. The van der Waals surface area contributed by atoms with E-state index in [-0.39, 0.29) is 29.9 Å². The van der Waals surface area contributed by atoms with E-state index in [0.29, 0.717) is 24.7 Å². The molecule has 0 saturated carbocycles. The third-order valence-corrected chi connectivity index (χ3v) is 5.25. The number of ether oxygens (including phenoxy) is 1. The highest BCUT2D eigenvalue weighted by Gasteiger charge is 2.25. The molecule has 1 unspecified atom stereocenters.